The molecular formula is C50H29N3S. The topological polar surface area (TPSA) is 38.7 Å². The van der Waals surface area contributed by atoms with Gasteiger partial charge in [0.2, 0.25) is 0 Å². The first-order valence-electron chi connectivity index (χ1n) is 18.4. The van der Waals surface area contributed by atoms with E-state index in [1.54, 1.807) is 0 Å². The first-order chi connectivity index (χ1) is 26.7. The molecule has 54 heavy (non-hydrogen) atoms. The minimum Gasteiger partial charge on any atom is -0.208 e. The Balaban J connectivity index is 1.05. The number of benzene rings is 8. The van der Waals surface area contributed by atoms with Gasteiger partial charge in [0.25, 0.3) is 0 Å². The van der Waals surface area contributed by atoms with E-state index in [-0.39, 0.29) is 5.41 Å². The van der Waals surface area contributed by atoms with Crippen molar-refractivity contribution in [2.45, 2.75) is 5.41 Å². The Morgan fingerprint density at radius 2 is 0.815 bits per heavy atom. The van der Waals surface area contributed by atoms with Crippen LogP contribution in [0.2, 0.25) is 0 Å². The molecule has 250 valence electrons. The minimum atomic E-state index is -0.386. The lowest BCUT2D eigenvalue weighted by Gasteiger charge is -2.30. The van der Waals surface area contributed by atoms with Crippen molar-refractivity contribution in [2.24, 2.45) is 0 Å². The Morgan fingerprint density at radius 1 is 0.333 bits per heavy atom. The zero-order chi connectivity index (χ0) is 35.4. The van der Waals surface area contributed by atoms with Crippen molar-refractivity contribution in [1.29, 1.82) is 0 Å². The predicted molar refractivity (Wildman–Crippen MR) is 223 cm³/mol. The maximum atomic E-state index is 5.23. The van der Waals surface area contributed by atoms with Crippen LogP contribution in [0, 0.1) is 0 Å². The SMILES string of the molecule is c1ccc(-c2nc(-c3ccc4c(c3)-c3ccccc3C43c4ccccc4-c4ccccc43)nc(-c3ccc4c(c3)sc3cc5ccccc5cc34)n2)cc1. The molecule has 0 bridgehead atoms. The van der Waals surface area contributed by atoms with Crippen LogP contribution in [0.15, 0.2) is 176 Å². The fourth-order valence-corrected chi connectivity index (χ4v) is 10.4. The number of fused-ring (bicyclic) bond motifs is 14. The molecule has 0 fully saturated rings. The van der Waals surface area contributed by atoms with Crippen LogP contribution in [0.3, 0.4) is 0 Å². The Morgan fingerprint density at radius 3 is 1.48 bits per heavy atom. The number of thiophene rings is 1. The molecule has 10 aromatic rings. The largest absolute Gasteiger partial charge is 0.208 e. The van der Waals surface area contributed by atoms with Gasteiger partial charge in [-0.2, -0.15) is 0 Å². The van der Waals surface area contributed by atoms with E-state index in [1.807, 2.05) is 29.5 Å². The molecule has 2 heterocycles. The first-order valence-corrected chi connectivity index (χ1v) is 19.2. The predicted octanol–water partition coefficient (Wildman–Crippen LogP) is 12.7. The summed E-state index contributed by atoms with van der Waals surface area (Å²) >= 11 is 1.82. The quantitative estimate of drug-likeness (QED) is 0.184. The van der Waals surface area contributed by atoms with Gasteiger partial charge in [-0.15, -0.1) is 11.3 Å². The van der Waals surface area contributed by atoms with Crippen LogP contribution in [-0.4, -0.2) is 15.0 Å². The van der Waals surface area contributed by atoms with Gasteiger partial charge in [-0.3, -0.25) is 0 Å². The van der Waals surface area contributed by atoms with E-state index in [9.17, 15) is 0 Å². The van der Waals surface area contributed by atoms with E-state index in [2.05, 4.69) is 158 Å². The van der Waals surface area contributed by atoms with Gasteiger partial charge in [-0.1, -0.05) is 152 Å². The highest BCUT2D eigenvalue weighted by molar-refractivity contribution is 7.25. The summed E-state index contributed by atoms with van der Waals surface area (Å²) in [5, 5.41) is 5.05. The van der Waals surface area contributed by atoms with Crippen LogP contribution in [0.25, 0.3) is 87.4 Å². The van der Waals surface area contributed by atoms with E-state index in [0.717, 1.165) is 16.7 Å². The van der Waals surface area contributed by atoms with Crippen molar-refractivity contribution in [1.82, 2.24) is 15.0 Å². The lowest BCUT2D eigenvalue weighted by atomic mass is 9.70. The second kappa shape index (κ2) is 11.1. The van der Waals surface area contributed by atoms with E-state index in [1.165, 1.54) is 75.5 Å². The lowest BCUT2D eigenvalue weighted by molar-refractivity contribution is 0.794. The van der Waals surface area contributed by atoms with Crippen LogP contribution < -0.4 is 0 Å². The second-order valence-corrected chi connectivity index (χ2v) is 15.4. The van der Waals surface area contributed by atoms with Crippen molar-refractivity contribution < 1.29 is 0 Å². The number of rotatable bonds is 3. The van der Waals surface area contributed by atoms with E-state index < -0.39 is 0 Å². The molecular weight excluding hydrogens is 675 g/mol. The standard InChI is InChI=1S/C50H29N3S/c1-2-12-30(13-3-1)47-51-48(53-49(52-47)34-22-24-38-40-26-31-14-4-5-15-32(31)28-46(40)54-45(38)29-34)33-23-25-44-39(27-33)37-18-8-11-21-43(37)50(44)41-19-9-6-16-35(41)36-17-7-10-20-42(36)50/h1-29H. The van der Waals surface area contributed by atoms with Crippen molar-refractivity contribution in [2.75, 3.05) is 0 Å². The van der Waals surface area contributed by atoms with Gasteiger partial charge in [0, 0.05) is 36.9 Å². The highest BCUT2D eigenvalue weighted by Gasteiger charge is 2.51. The molecule has 4 heteroatoms. The van der Waals surface area contributed by atoms with Crippen LogP contribution in [-0.2, 0) is 5.41 Å². The zero-order valence-corrected chi connectivity index (χ0v) is 29.8. The van der Waals surface area contributed by atoms with Gasteiger partial charge >= 0.3 is 0 Å². The lowest BCUT2D eigenvalue weighted by Crippen LogP contribution is -2.25. The van der Waals surface area contributed by atoms with Crippen LogP contribution in [0.1, 0.15) is 22.3 Å². The van der Waals surface area contributed by atoms with Crippen molar-refractivity contribution >= 4 is 42.3 Å². The molecule has 0 radical (unpaired) electrons. The summed E-state index contributed by atoms with van der Waals surface area (Å²) in [5.74, 6) is 1.99. The highest BCUT2D eigenvalue weighted by atomic mass is 32.1. The fourth-order valence-electron chi connectivity index (χ4n) is 9.19. The molecule has 3 nitrogen and oxygen atoms in total. The molecule has 0 aliphatic heterocycles. The average Bonchev–Trinajstić information content (AvgIpc) is 3.86. The molecule has 0 unspecified atom stereocenters. The summed E-state index contributed by atoms with van der Waals surface area (Å²) in [4.78, 5) is 15.5. The second-order valence-electron chi connectivity index (χ2n) is 14.3. The molecule has 12 rings (SSSR count). The molecule has 0 atom stereocenters. The van der Waals surface area contributed by atoms with Gasteiger partial charge in [-0.05, 0) is 79.5 Å². The zero-order valence-electron chi connectivity index (χ0n) is 29.0. The normalized spacial score (nSPS) is 13.3. The average molecular weight is 704 g/mol. The van der Waals surface area contributed by atoms with Crippen molar-refractivity contribution in [3.8, 4) is 56.4 Å². The smallest absolute Gasteiger partial charge is 0.164 e. The summed E-state index contributed by atoms with van der Waals surface area (Å²) in [6, 6.07) is 63.7. The maximum absolute atomic E-state index is 5.23. The highest BCUT2D eigenvalue weighted by Crippen LogP contribution is 2.62. The summed E-state index contributed by atoms with van der Waals surface area (Å²) in [6.07, 6.45) is 0. The molecule has 2 aliphatic rings. The van der Waals surface area contributed by atoms with Gasteiger partial charge in [-0.25, -0.2) is 15.0 Å². The summed E-state index contributed by atoms with van der Waals surface area (Å²) in [5.41, 5.74) is 12.9. The molecule has 1 spiro atoms. The van der Waals surface area contributed by atoms with E-state index in [0.29, 0.717) is 17.5 Å². The van der Waals surface area contributed by atoms with Gasteiger partial charge in [0.05, 0.1) is 5.41 Å². The summed E-state index contributed by atoms with van der Waals surface area (Å²) in [7, 11) is 0. The summed E-state index contributed by atoms with van der Waals surface area (Å²) in [6.45, 7) is 0. The Hall–Kier alpha value is -6.75. The van der Waals surface area contributed by atoms with Crippen LogP contribution in [0.5, 0.6) is 0 Å². The molecule has 8 aromatic carbocycles. The maximum Gasteiger partial charge on any atom is 0.164 e. The van der Waals surface area contributed by atoms with Gasteiger partial charge in [0.15, 0.2) is 17.5 Å². The van der Waals surface area contributed by atoms with Gasteiger partial charge in [0.1, 0.15) is 0 Å². The van der Waals surface area contributed by atoms with E-state index >= 15 is 0 Å². The number of hydrogen-bond donors (Lipinski definition) is 0. The monoisotopic (exact) mass is 703 g/mol. The molecule has 0 N–H and O–H groups in total. The third kappa shape index (κ3) is 4.09. The third-order valence-corrected chi connectivity index (χ3v) is 12.6. The van der Waals surface area contributed by atoms with Crippen molar-refractivity contribution in [3.63, 3.8) is 0 Å². The molecule has 2 aromatic heterocycles. The Bertz CT molecular complexity index is 3130. The Labute approximate surface area is 315 Å². The van der Waals surface area contributed by atoms with Crippen LogP contribution in [0.4, 0.5) is 0 Å². The van der Waals surface area contributed by atoms with Crippen LogP contribution >= 0.6 is 11.3 Å². The Kier molecular flexibility index (Phi) is 6.14. The first kappa shape index (κ1) is 29.8. The van der Waals surface area contributed by atoms with Gasteiger partial charge < -0.3 is 0 Å². The number of hydrogen-bond acceptors (Lipinski definition) is 4. The van der Waals surface area contributed by atoms with Crippen molar-refractivity contribution in [3.05, 3.63) is 198 Å². The number of nitrogens with zero attached hydrogens (tertiary/aromatic N) is 3. The molecule has 0 amide bonds. The minimum absolute atomic E-state index is 0.386. The third-order valence-electron chi connectivity index (χ3n) is 11.5. The van der Waals surface area contributed by atoms with E-state index in [4.69, 9.17) is 15.0 Å². The fraction of sp³-hybridized carbons (Fsp3) is 0.0200. The molecule has 0 saturated heterocycles. The molecule has 2 aliphatic carbocycles. The molecule has 0 saturated carbocycles. The summed E-state index contributed by atoms with van der Waals surface area (Å²) < 4.78 is 2.50. The number of aromatic nitrogens is 3.